The summed E-state index contributed by atoms with van der Waals surface area (Å²) in [6.07, 6.45) is 0. The van der Waals surface area contributed by atoms with Crippen molar-refractivity contribution in [3.05, 3.63) is 0 Å². The molecule has 0 fully saturated rings. The van der Waals surface area contributed by atoms with E-state index in [-0.39, 0.29) is 12.5 Å². The summed E-state index contributed by atoms with van der Waals surface area (Å²) in [6.45, 7) is 3.54. The Morgan fingerprint density at radius 2 is 2.12 bits per heavy atom. The number of halogens is 1. The fraction of sp³-hybridized carbons (Fsp3) is 1.00. The van der Waals surface area contributed by atoms with E-state index in [0.717, 1.165) is 0 Å². The zero-order valence-corrected chi connectivity index (χ0v) is 5.19. The van der Waals surface area contributed by atoms with Crippen molar-refractivity contribution in [3.8, 4) is 0 Å². The van der Waals surface area contributed by atoms with Crippen LogP contribution in [0.3, 0.4) is 0 Å². The monoisotopic (exact) mass is 121 g/mol. The summed E-state index contributed by atoms with van der Waals surface area (Å²) in [5, 5.41) is 8.39. The average molecular weight is 121 g/mol. The highest BCUT2D eigenvalue weighted by Crippen LogP contribution is 1.98. The molecule has 0 saturated heterocycles. The molecular weight excluding hydrogens is 109 g/mol. The molecule has 2 nitrogen and oxygen atoms in total. The molecule has 0 heterocycles. The van der Waals surface area contributed by atoms with Crippen LogP contribution in [-0.4, -0.2) is 17.8 Å². The molecule has 50 valence electrons. The molecule has 0 bridgehead atoms. The first-order valence-corrected chi connectivity index (χ1v) is 2.69. The van der Waals surface area contributed by atoms with Crippen LogP contribution in [0.2, 0.25) is 0 Å². The van der Waals surface area contributed by atoms with Crippen LogP contribution >= 0.6 is 0 Å². The predicted octanol–water partition coefficient (Wildman–Crippen LogP) is 0.477. The Kier molecular flexibility index (Phi) is 3.73. The molecule has 0 aromatic rings. The van der Waals surface area contributed by atoms with Gasteiger partial charge >= 0.3 is 0 Å². The predicted molar refractivity (Wildman–Crippen MR) is 30.0 cm³/mol. The van der Waals surface area contributed by atoms with Crippen LogP contribution in [0.1, 0.15) is 13.8 Å². The van der Waals surface area contributed by atoms with E-state index in [2.05, 4.69) is 0 Å². The summed E-state index contributed by atoms with van der Waals surface area (Å²) in [4.78, 5) is 0. The van der Waals surface area contributed by atoms with Gasteiger partial charge in [-0.3, -0.25) is 0 Å². The van der Waals surface area contributed by atoms with Gasteiger partial charge in [-0.1, -0.05) is 13.8 Å². The summed E-state index contributed by atoms with van der Waals surface area (Å²) in [5.74, 6) is 0.144. The van der Waals surface area contributed by atoms with Crippen LogP contribution in [0.5, 0.6) is 0 Å². The highest BCUT2D eigenvalue weighted by Gasteiger charge is 2.09. The standard InChI is InChI=1S/C5H12FNO/c1-4(2)5(3-8)7-6/h4-5,7-8H,3H2,1-2H3. The van der Waals surface area contributed by atoms with E-state index >= 15 is 0 Å². The molecule has 0 saturated carbocycles. The van der Waals surface area contributed by atoms with Gasteiger partial charge in [0.2, 0.25) is 0 Å². The molecule has 0 amide bonds. The first kappa shape index (κ1) is 7.85. The van der Waals surface area contributed by atoms with E-state index in [4.69, 9.17) is 5.11 Å². The maximum Gasteiger partial charge on any atom is 0.0625 e. The van der Waals surface area contributed by atoms with Crippen molar-refractivity contribution in [3.63, 3.8) is 0 Å². The Morgan fingerprint density at radius 3 is 2.12 bits per heavy atom. The molecular formula is C5H12FNO. The van der Waals surface area contributed by atoms with Crippen LogP contribution in [-0.2, 0) is 0 Å². The maximum atomic E-state index is 11.5. The van der Waals surface area contributed by atoms with Gasteiger partial charge in [-0.2, -0.15) is 5.54 Å². The van der Waals surface area contributed by atoms with Gasteiger partial charge in [-0.05, 0) is 5.92 Å². The minimum atomic E-state index is -0.407. The number of aliphatic hydroxyl groups excluding tert-OH is 1. The van der Waals surface area contributed by atoms with Gasteiger partial charge in [0.25, 0.3) is 0 Å². The van der Waals surface area contributed by atoms with E-state index in [9.17, 15) is 4.48 Å². The quantitative estimate of drug-likeness (QED) is 0.532. The number of hydrogen-bond donors (Lipinski definition) is 2. The number of rotatable bonds is 3. The Hall–Kier alpha value is -0.150. The van der Waals surface area contributed by atoms with Crippen LogP contribution in [0.25, 0.3) is 0 Å². The molecule has 3 heteroatoms. The van der Waals surface area contributed by atoms with Crippen LogP contribution in [0.4, 0.5) is 4.48 Å². The molecule has 0 aromatic carbocycles. The zero-order chi connectivity index (χ0) is 6.57. The van der Waals surface area contributed by atoms with Crippen molar-refractivity contribution in [2.24, 2.45) is 5.92 Å². The zero-order valence-electron chi connectivity index (χ0n) is 5.19. The fourth-order valence-electron chi connectivity index (χ4n) is 0.371. The Bertz CT molecular complexity index is 54.4. The lowest BCUT2D eigenvalue weighted by Gasteiger charge is -2.12. The molecule has 0 aromatic heterocycles. The van der Waals surface area contributed by atoms with Crippen molar-refractivity contribution >= 4 is 0 Å². The molecule has 0 aliphatic rings. The Morgan fingerprint density at radius 1 is 1.62 bits per heavy atom. The average Bonchev–Trinajstić information content (AvgIpc) is 1.69. The lowest BCUT2D eigenvalue weighted by molar-refractivity contribution is 0.146. The first-order valence-electron chi connectivity index (χ1n) is 2.69. The van der Waals surface area contributed by atoms with Crippen LogP contribution < -0.4 is 5.54 Å². The second kappa shape index (κ2) is 3.80. The van der Waals surface area contributed by atoms with Crippen LogP contribution in [0.15, 0.2) is 0 Å². The van der Waals surface area contributed by atoms with Gasteiger partial charge in [0, 0.05) is 0 Å². The van der Waals surface area contributed by atoms with E-state index < -0.39 is 6.04 Å². The second-order valence-electron chi connectivity index (χ2n) is 2.14. The van der Waals surface area contributed by atoms with Crippen molar-refractivity contribution in [2.45, 2.75) is 19.9 Å². The lowest BCUT2D eigenvalue weighted by Crippen LogP contribution is -2.31. The summed E-state index contributed by atoms with van der Waals surface area (Å²) >= 11 is 0. The van der Waals surface area contributed by atoms with Gasteiger partial charge < -0.3 is 5.11 Å². The van der Waals surface area contributed by atoms with Gasteiger partial charge in [0.15, 0.2) is 0 Å². The molecule has 0 aliphatic heterocycles. The summed E-state index contributed by atoms with van der Waals surface area (Å²) in [6, 6.07) is -0.407. The minimum Gasteiger partial charge on any atom is -0.395 e. The van der Waals surface area contributed by atoms with Crippen molar-refractivity contribution < 1.29 is 9.59 Å². The lowest BCUT2D eigenvalue weighted by atomic mass is 10.1. The molecule has 0 spiro atoms. The summed E-state index contributed by atoms with van der Waals surface area (Å²) < 4.78 is 11.5. The SMILES string of the molecule is CC(C)C(CO)NF. The molecule has 0 aliphatic carbocycles. The first-order chi connectivity index (χ1) is 3.72. The molecule has 1 atom stereocenters. The smallest absolute Gasteiger partial charge is 0.0625 e. The van der Waals surface area contributed by atoms with Crippen molar-refractivity contribution in [2.75, 3.05) is 6.61 Å². The third-order valence-corrected chi connectivity index (χ3v) is 1.14. The maximum absolute atomic E-state index is 11.5. The largest absolute Gasteiger partial charge is 0.395 e. The van der Waals surface area contributed by atoms with E-state index in [1.54, 1.807) is 0 Å². The normalized spacial score (nSPS) is 14.6. The van der Waals surface area contributed by atoms with E-state index in [1.807, 2.05) is 13.8 Å². The molecule has 0 radical (unpaired) electrons. The third-order valence-electron chi connectivity index (χ3n) is 1.14. The third kappa shape index (κ3) is 2.23. The summed E-state index contributed by atoms with van der Waals surface area (Å²) in [7, 11) is 0. The molecule has 8 heavy (non-hydrogen) atoms. The summed E-state index contributed by atoms with van der Waals surface area (Å²) in [5.41, 5.74) is 1.50. The molecule has 2 N–H and O–H groups in total. The molecule has 1 unspecified atom stereocenters. The Balaban J connectivity index is 3.35. The van der Waals surface area contributed by atoms with Crippen molar-refractivity contribution in [1.82, 2.24) is 5.54 Å². The van der Waals surface area contributed by atoms with Gasteiger partial charge in [0.1, 0.15) is 0 Å². The topological polar surface area (TPSA) is 32.3 Å². The highest BCUT2D eigenvalue weighted by atomic mass is 19.2. The minimum absolute atomic E-state index is 0.144. The number of aliphatic hydroxyl groups is 1. The van der Waals surface area contributed by atoms with E-state index in [1.165, 1.54) is 5.54 Å². The molecule has 0 rings (SSSR count). The van der Waals surface area contributed by atoms with Crippen molar-refractivity contribution in [1.29, 1.82) is 0 Å². The van der Waals surface area contributed by atoms with Gasteiger partial charge in [-0.25, -0.2) is 0 Å². The van der Waals surface area contributed by atoms with Crippen LogP contribution in [0, 0.1) is 5.92 Å². The van der Waals surface area contributed by atoms with Gasteiger partial charge in [0.05, 0.1) is 12.6 Å². The van der Waals surface area contributed by atoms with E-state index in [0.29, 0.717) is 0 Å². The second-order valence-corrected chi connectivity index (χ2v) is 2.14. The number of hydrogen-bond acceptors (Lipinski definition) is 2. The van der Waals surface area contributed by atoms with Gasteiger partial charge in [-0.15, -0.1) is 4.48 Å². The Labute approximate surface area is 48.6 Å². The number of nitrogens with one attached hydrogen (secondary N) is 1. The fourth-order valence-corrected chi connectivity index (χ4v) is 0.371. The highest BCUT2D eigenvalue weighted by molar-refractivity contribution is 4.62.